The quantitative estimate of drug-likeness (QED) is 0.392. The summed E-state index contributed by atoms with van der Waals surface area (Å²) in [5.41, 5.74) is 5.77. The molecule has 1 saturated heterocycles. The van der Waals surface area contributed by atoms with Gasteiger partial charge in [0.1, 0.15) is 12.5 Å². The lowest BCUT2D eigenvalue weighted by Crippen LogP contribution is -2.28. The summed E-state index contributed by atoms with van der Waals surface area (Å²) in [5.74, 6) is -1.66. The first-order valence-electron chi connectivity index (χ1n) is 12.4. The molecule has 3 aromatic rings. The molecule has 2 aliphatic heterocycles. The zero-order valence-electron chi connectivity index (χ0n) is 20.1. The van der Waals surface area contributed by atoms with E-state index in [-0.39, 0.29) is 12.5 Å². The van der Waals surface area contributed by atoms with Gasteiger partial charge in [0.15, 0.2) is 0 Å². The van der Waals surface area contributed by atoms with Crippen molar-refractivity contribution in [2.75, 3.05) is 30.3 Å². The van der Waals surface area contributed by atoms with Gasteiger partial charge in [0.25, 0.3) is 0 Å². The van der Waals surface area contributed by atoms with Gasteiger partial charge in [-0.05, 0) is 66.9 Å². The van der Waals surface area contributed by atoms with E-state index < -0.39 is 11.9 Å². The van der Waals surface area contributed by atoms with Crippen LogP contribution in [0.4, 0.5) is 17.1 Å². The summed E-state index contributed by atoms with van der Waals surface area (Å²) in [5, 5.41) is 14.7. The van der Waals surface area contributed by atoms with Crippen molar-refractivity contribution in [1.29, 1.82) is 0 Å². The predicted octanol–water partition coefficient (Wildman–Crippen LogP) is 5.03. The summed E-state index contributed by atoms with van der Waals surface area (Å²) >= 11 is 0. The monoisotopic (exact) mass is 482 g/mol. The number of hydrogen-bond donors (Lipinski definition) is 3. The van der Waals surface area contributed by atoms with E-state index in [1.807, 2.05) is 48.5 Å². The number of carboxylic acid groups (broad SMARTS) is 1. The van der Waals surface area contributed by atoms with E-state index in [0.29, 0.717) is 17.1 Å². The lowest BCUT2D eigenvalue weighted by molar-refractivity contribution is -0.135. The highest BCUT2D eigenvalue weighted by Gasteiger charge is 2.35. The molecular formula is C29H30N4O3. The van der Waals surface area contributed by atoms with Crippen LogP contribution in [0.3, 0.4) is 0 Å². The van der Waals surface area contributed by atoms with Crippen molar-refractivity contribution < 1.29 is 14.7 Å². The highest BCUT2D eigenvalue weighted by molar-refractivity contribution is 6.24. The smallest absolute Gasteiger partial charge is 0.322 e. The number of carbonyl (C=O) groups is 2. The third-order valence-corrected chi connectivity index (χ3v) is 6.71. The molecule has 1 atom stereocenters. The van der Waals surface area contributed by atoms with Gasteiger partial charge in [-0.3, -0.25) is 19.5 Å². The predicted molar refractivity (Wildman–Crippen MR) is 142 cm³/mol. The number of carbonyl (C=O) groups excluding carboxylic acids is 1. The maximum Gasteiger partial charge on any atom is 0.322 e. The minimum Gasteiger partial charge on any atom is -0.480 e. The number of fused-ring (bicyclic) bond motifs is 1. The van der Waals surface area contributed by atoms with E-state index in [1.54, 1.807) is 12.1 Å². The van der Waals surface area contributed by atoms with E-state index in [4.69, 9.17) is 10.1 Å². The molecule has 0 spiro atoms. The molecule has 1 fully saturated rings. The molecule has 1 unspecified atom stereocenters. The highest BCUT2D eigenvalue weighted by atomic mass is 16.4. The van der Waals surface area contributed by atoms with E-state index >= 15 is 0 Å². The van der Waals surface area contributed by atoms with Crippen molar-refractivity contribution in [3.05, 3.63) is 89.5 Å². The summed E-state index contributed by atoms with van der Waals surface area (Å²) < 4.78 is 0. The number of carboxylic acids is 1. The zero-order chi connectivity index (χ0) is 24.9. The second kappa shape index (κ2) is 10.7. The van der Waals surface area contributed by atoms with Gasteiger partial charge in [-0.15, -0.1) is 0 Å². The zero-order valence-corrected chi connectivity index (χ0v) is 20.1. The van der Waals surface area contributed by atoms with Crippen LogP contribution in [0.1, 0.15) is 41.9 Å². The molecule has 0 aromatic heterocycles. The number of benzene rings is 3. The van der Waals surface area contributed by atoms with Crippen molar-refractivity contribution >= 4 is 34.7 Å². The topological polar surface area (TPSA) is 94.0 Å². The molecule has 2 heterocycles. The Hall–Kier alpha value is -3.97. The molecule has 3 aromatic carbocycles. The number of hydrogen-bond acceptors (Lipinski definition) is 5. The van der Waals surface area contributed by atoms with Crippen molar-refractivity contribution in [1.82, 2.24) is 4.90 Å². The van der Waals surface area contributed by atoms with Crippen LogP contribution in [0.25, 0.3) is 0 Å². The minimum absolute atomic E-state index is 0.148. The third kappa shape index (κ3) is 5.47. The van der Waals surface area contributed by atoms with Gasteiger partial charge in [0, 0.05) is 17.9 Å². The van der Waals surface area contributed by atoms with Gasteiger partial charge in [0.2, 0.25) is 5.91 Å². The summed E-state index contributed by atoms with van der Waals surface area (Å²) in [7, 11) is 0. The van der Waals surface area contributed by atoms with Crippen molar-refractivity contribution in [2.45, 2.75) is 31.7 Å². The van der Waals surface area contributed by atoms with Gasteiger partial charge in [0.05, 0.1) is 11.4 Å². The van der Waals surface area contributed by atoms with Crippen LogP contribution in [0.5, 0.6) is 0 Å². The Balaban J connectivity index is 1.44. The fraction of sp³-hybridized carbons (Fsp3) is 0.276. The summed E-state index contributed by atoms with van der Waals surface area (Å²) in [6, 6.07) is 23.5. The molecule has 184 valence electrons. The van der Waals surface area contributed by atoms with Crippen LogP contribution in [0, 0.1) is 0 Å². The average Bonchev–Trinajstić information content (AvgIpc) is 3.23. The molecule has 0 aliphatic carbocycles. The second-order valence-electron chi connectivity index (χ2n) is 9.34. The molecule has 0 saturated carbocycles. The summed E-state index contributed by atoms with van der Waals surface area (Å²) in [6.07, 6.45) is 3.86. The maximum absolute atomic E-state index is 13.2. The van der Waals surface area contributed by atoms with Gasteiger partial charge in [-0.25, -0.2) is 0 Å². The van der Waals surface area contributed by atoms with Gasteiger partial charge < -0.3 is 15.7 Å². The lowest BCUT2D eigenvalue weighted by atomic mass is 9.90. The molecule has 36 heavy (non-hydrogen) atoms. The number of rotatable bonds is 8. The van der Waals surface area contributed by atoms with Crippen LogP contribution in [0.2, 0.25) is 0 Å². The van der Waals surface area contributed by atoms with E-state index in [1.165, 1.54) is 24.8 Å². The molecule has 2 aliphatic rings. The molecule has 7 nitrogen and oxygen atoms in total. The van der Waals surface area contributed by atoms with Crippen molar-refractivity contribution in [2.24, 2.45) is 4.99 Å². The number of aliphatic imine (C=N–C) groups is 1. The van der Waals surface area contributed by atoms with Crippen LogP contribution in [0.15, 0.2) is 77.8 Å². The number of piperidine rings is 1. The Morgan fingerprint density at radius 3 is 2.47 bits per heavy atom. The number of nitrogens with zero attached hydrogens (tertiary/aromatic N) is 2. The van der Waals surface area contributed by atoms with Crippen LogP contribution in [-0.4, -0.2) is 47.2 Å². The fourth-order valence-corrected chi connectivity index (χ4v) is 4.92. The summed E-state index contributed by atoms with van der Waals surface area (Å²) in [4.78, 5) is 31.6. The molecule has 1 amide bonds. The van der Waals surface area contributed by atoms with Gasteiger partial charge >= 0.3 is 5.97 Å². The Morgan fingerprint density at radius 1 is 1.00 bits per heavy atom. The van der Waals surface area contributed by atoms with Crippen LogP contribution < -0.4 is 10.6 Å². The highest BCUT2D eigenvalue weighted by Crippen LogP contribution is 2.38. The molecule has 0 bridgehead atoms. The summed E-state index contributed by atoms with van der Waals surface area (Å²) in [6.45, 7) is 3.07. The van der Waals surface area contributed by atoms with Crippen molar-refractivity contribution in [3.63, 3.8) is 0 Å². The largest absolute Gasteiger partial charge is 0.480 e. The SMILES string of the molecule is O=C(O)CNc1ccc2c(c1)NC(=O)C2C(=Nc1ccc(CN2CCCCC2)cc1)c1ccccc1. The molecule has 5 rings (SSSR count). The van der Waals surface area contributed by atoms with E-state index in [0.717, 1.165) is 36.4 Å². The fourth-order valence-electron chi connectivity index (χ4n) is 4.92. The van der Waals surface area contributed by atoms with E-state index in [2.05, 4.69) is 27.7 Å². The van der Waals surface area contributed by atoms with Crippen molar-refractivity contribution in [3.8, 4) is 0 Å². The first-order valence-corrected chi connectivity index (χ1v) is 12.4. The number of nitrogens with one attached hydrogen (secondary N) is 2. The molecular weight excluding hydrogens is 452 g/mol. The minimum atomic E-state index is -0.946. The maximum atomic E-state index is 13.2. The average molecular weight is 483 g/mol. The first kappa shape index (κ1) is 23.8. The van der Waals surface area contributed by atoms with Gasteiger partial charge in [-0.1, -0.05) is 55.0 Å². The Kier molecular flexibility index (Phi) is 7.09. The number of anilines is 2. The van der Waals surface area contributed by atoms with Gasteiger partial charge in [-0.2, -0.15) is 0 Å². The van der Waals surface area contributed by atoms with E-state index in [9.17, 15) is 9.59 Å². The van der Waals surface area contributed by atoms with Crippen LogP contribution >= 0.6 is 0 Å². The normalized spacial score (nSPS) is 17.9. The van der Waals surface area contributed by atoms with Crippen LogP contribution in [-0.2, 0) is 16.1 Å². The number of amides is 1. The Morgan fingerprint density at radius 2 is 1.75 bits per heavy atom. The standard InChI is InChI=1S/C29H30N4O3/c34-26(35)18-30-23-13-14-24-25(17-23)32-29(36)27(24)28(21-7-3-1-4-8-21)31-22-11-9-20(10-12-22)19-33-15-5-2-6-16-33/h1,3-4,7-14,17,27,30H,2,5-6,15-16,18-19H2,(H,32,36)(H,34,35). The Labute approximate surface area is 210 Å². The lowest BCUT2D eigenvalue weighted by Gasteiger charge is -2.26. The molecule has 7 heteroatoms. The first-order chi connectivity index (χ1) is 17.6. The second-order valence-corrected chi connectivity index (χ2v) is 9.34. The number of likely N-dealkylation sites (tertiary alicyclic amines) is 1. The molecule has 0 radical (unpaired) electrons. The molecule has 3 N–H and O–H groups in total. The number of aliphatic carboxylic acids is 1. The third-order valence-electron chi connectivity index (χ3n) is 6.71. The Bertz CT molecular complexity index is 1270.